The van der Waals surface area contributed by atoms with Gasteiger partial charge in [0.05, 0.1) is 6.54 Å². The van der Waals surface area contributed by atoms with Crippen LogP contribution in [-0.2, 0) is 11.3 Å². The van der Waals surface area contributed by atoms with Gasteiger partial charge in [-0.05, 0) is 24.6 Å². The van der Waals surface area contributed by atoms with E-state index in [0.717, 1.165) is 5.56 Å². The SMILES string of the molecule is C[C@H]1Oc2cccnc2N(C)C(=O)[C@H]1NC(O)c1ncn(Cc2ccccc2)n1. The van der Waals surface area contributed by atoms with Crippen molar-refractivity contribution < 1.29 is 14.6 Å². The number of likely N-dealkylation sites (N-methyl/N-ethyl adjacent to an activating group) is 1. The van der Waals surface area contributed by atoms with Crippen LogP contribution in [0.2, 0.25) is 0 Å². The first-order valence-corrected chi connectivity index (χ1v) is 9.29. The van der Waals surface area contributed by atoms with Crippen LogP contribution in [0.1, 0.15) is 24.5 Å². The number of carbonyl (C=O) groups excluding carboxylic acids is 1. The molecule has 0 radical (unpaired) electrons. The maximum atomic E-state index is 12.9. The number of amides is 1. The third kappa shape index (κ3) is 3.96. The second kappa shape index (κ2) is 7.98. The Labute approximate surface area is 168 Å². The van der Waals surface area contributed by atoms with Crippen LogP contribution in [0.5, 0.6) is 5.75 Å². The van der Waals surface area contributed by atoms with Gasteiger partial charge in [0.1, 0.15) is 18.5 Å². The van der Waals surface area contributed by atoms with Crippen molar-refractivity contribution in [3.8, 4) is 5.75 Å². The maximum absolute atomic E-state index is 12.9. The molecule has 0 aliphatic carbocycles. The summed E-state index contributed by atoms with van der Waals surface area (Å²) in [5.74, 6) is 0.870. The fraction of sp³-hybridized carbons (Fsp3) is 0.300. The molecule has 1 aromatic carbocycles. The van der Waals surface area contributed by atoms with Crippen LogP contribution in [-0.4, -0.2) is 50.0 Å². The summed E-state index contributed by atoms with van der Waals surface area (Å²) >= 11 is 0. The topological polar surface area (TPSA) is 105 Å². The molecule has 1 unspecified atom stereocenters. The van der Waals surface area contributed by atoms with E-state index in [-0.39, 0.29) is 11.7 Å². The fourth-order valence-electron chi connectivity index (χ4n) is 3.24. The summed E-state index contributed by atoms with van der Waals surface area (Å²) in [5.41, 5.74) is 1.07. The van der Waals surface area contributed by atoms with Crippen LogP contribution in [0, 0.1) is 0 Å². The third-order valence-corrected chi connectivity index (χ3v) is 4.77. The van der Waals surface area contributed by atoms with Crippen molar-refractivity contribution in [2.45, 2.75) is 31.8 Å². The molecule has 9 heteroatoms. The van der Waals surface area contributed by atoms with Gasteiger partial charge >= 0.3 is 0 Å². The van der Waals surface area contributed by atoms with Crippen molar-refractivity contribution in [2.24, 2.45) is 0 Å². The van der Waals surface area contributed by atoms with E-state index < -0.39 is 18.4 Å². The summed E-state index contributed by atoms with van der Waals surface area (Å²) in [6.45, 7) is 2.30. The second-order valence-electron chi connectivity index (χ2n) is 6.88. The first kappa shape index (κ1) is 19.0. The van der Waals surface area contributed by atoms with E-state index in [1.807, 2.05) is 30.3 Å². The Bertz CT molecular complexity index is 993. The van der Waals surface area contributed by atoms with Gasteiger partial charge in [0.2, 0.25) is 5.91 Å². The van der Waals surface area contributed by atoms with E-state index in [1.165, 1.54) is 4.90 Å². The average Bonchev–Trinajstić information content (AvgIpc) is 3.17. The average molecular weight is 394 g/mol. The number of fused-ring (bicyclic) bond motifs is 1. The number of aliphatic hydroxyl groups is 1. The summed E-state index contributed by atoms with van der Waals surface area (Å²) in [6, 6.07) is 12.5. The van der Waals surface area contributed by atoms with Gasteiger partial charge in [0.25, 0.3) is 0 Å². The van der Waals surface area contributed by atoms with Crippen LogP contribution < -0.4 is 15.0 Å². The van der Waals surface area contributed by atoms with E-state index in [9.17, 15) is 9.90 Å². The number of benzene rings is 1. The van der Waals surface area contributed by atoms with E-state index >= 15 is 0 Å². The molecule has 1 aliphatic rings. The van der Waals surface area contributed by atoms with E-state index in [0.29, 0.717) is 18.1 Å². The van der Waals surface area contributed by atoms with Crippen LogP contribution >= 0.6 is 0 Å². The van der Waals surface area contributed by atoms with Gasteiger partial charge in [-0.2, -0.15) is 5.10 Å². The quantitative estimate of drug-likeness (QED) is 0.625. The van der Waals surface area contributed by atoms with Gasteiger partial charge in [0, 0.05) is 13.2 Å². The molecule has 3 atom stereocenters. The minimum absolute atomic E-state index is 0.184. The Morgan fingerprint density at radius 3 is 2.79 bits per heavy atom. The minimum Gasteiger partial charge on any atom is -0.485 e. The molecule has 1 aliphatic heterocycles. The molecule has 150 valence electrons. The molecular weight excluding hydrogens is 372 g/mol. The smallest absolute Gasteiger partial charge is 0.249 e. The van der Waals surface area contributed by atoms with Gasteiger partial charge in [-0.3, -0.25) is 15.0 Å². The number of aliphatic hydroxyl groups excluding tert-OH is 1. The Morgan fingerprint density at radius 2 is 2.00 bits per heavy atom. The van der Waals surface area contributed by atoms with Crippen LogP contribution in [0.4, 0.5) is 5.82 Å². The molecule has 29 heavy (non-hydrogen) atoms. The number of hydrogen-bond acceptors (Lipinski definition) is 7. The Morgan fingerprint density at radius 1 is 1.21 bits per heavy atom. The predicted octanol–water partition coefficient (Wildman–Crippen LogP) is 1.11. The van der Waals surface area contributed by atoms with Crippen LogP contribution in [0.15, 0.2) is 55.0 Å². The lowest BCUT2D eigenvalue weighted by molar-refractivity contribution is -0.123. The van der Waals surface area contributed by atoms with Crippen molar-refractivity contribution in [1.29, 1.82) is 0 Å². The highest BCUT2D eigenvalue weighted by Crippen LogP contribution is 2.30. The van der Waals surface area contributed by atoms with Crippen molar-refractivity contribution in [3.05, 3.63) is 66.4 Å². The molecule has 9 nitrogen and oxygen atoms in total. The molecule has 0 fully saturated rings. The molecule has 1 amide bonds. The number of ether oxygens (including phenoxy) is 1. The van der Waals surface area contributed by atoms with Crippen molar-refractivity contribution in [2.75, 3.05) is 11.9 Å². The minimum atomic E-state index is -1.23. The zero-order chi connectivity index (χ0) is 20.4. The summed E-state index contributed by atoms with van der Waals surface area (Å²) < 4.78 is 7.52. The highest BCUT2D eigenvalue weighted by atomic mass is 16.5. The Kier molecular flexibility index (Phi) is 5.24. The predicted molar refractivity (Wildman–Crippen MR) is 105 cm³/mol. The number of carbonyl (C=O) groups is 1. The summed E-state index contributed by atoms with van der Waals surface area (Å²) in [5, 5.41) is 17.8. The first-order valence-electron chi connectivity index (χ1n) is 9.29. The van der Waals surface area contributed by atoms with Gasteiger partial charge in [0.15, 0.2) is 23.6 Å². The zero-order valence-electron chi connectivity index (χ0n) is 16.1. The number of aromatic nitrogens is 4. The van der Waals surface area contributed by atoms with Gasteiger partial charge in [-0.1, -0.05) is 30.3 Å². The number of nitrogens with one attached hydrogen (secondary N) is 1. The zero-order valence-corrected chi connectivity index (χ0v) is 16.1. The van der Waals surface area contributed by atoms with Crippen LogP contribution in [0.3, 0.4) is 0 Å². The second-order valence-corrected chi connectivity index (χ2v) is 6.88. The fourth-order valence-corrected chi connectivity index (χ4v) is 3.24. The standard InChI is InChI=1S/C20H22N6O3/c1-13-16(20(28)25(2)18-15(29-13)9-6-10-21-18)23-19(27)17-22-12-26(24-17)11-14-7-4-3-5-8-14/h3-10,12-13,16,19,23,27H,11H2,1-2H3/t13-,16+,19?/m1/s1. The summed E-state index contributed by atoms with van der Waals surface area (Å²) in [7, 11) is 1.63. The van der Waals surface area contributed by atoms with Gasteiger partial charge in [-0.25, -0.2) is 14.6 Å². The van der Waals surface area contributed by atoms with Gasteiger partial charge < -0.3 is 9.84 Å². The highest BCUT2D eigenvalue weighted by Gasteiger charge is 2.37. The third-order valence-electron chi connectivity index (χ3n) is 4.77. The molecule has 3 heterocycles. The van der Waals surface area contributed by atoms with Crippen molar-refractivity contribution in [3.63, 3.8) is 0 Å². The Hall–Kier alpha value is -3.30. The number of rotatable bonds is 5. The summed E-state index contributed by atoms with van der Waals surface area (Å²) in [4.78, 5) is 22.7. The van der Waals surface area contributed by atoms with Crippen molar-refractivity contribution in [1.82, 2.24) is 25.1 Å². The molecule has 0 spiro atoms. The summed E-state index contributed by atoms with van der Waals surface area (Å²) in [6.07, 6.45) is 1.39. The van der Waals surface area contributed by atoms with Gasteiger partial charge in [-0.15, -0.1) is 0 Å². The van der Waals surface area contributed by atoms with Crippen molar-refractivity contribution >= 4 is 11.7 Å². The highest BCUT2D eigenvalue weighted by molar-refractivity contribution is 5.98. The largest absolute Gasteiger partial charge is 0.485 e. The lowest BCUT2D eigenvalue weighted by Gasteiger charge is -2.25. The normalized spacial score (nSPS) is 20.0. The Balaban J connectivity index is 1.48. The molecule has 0 saturated heterocycles. The van der Waals surface area contributed by atoms with E-state index in [2.05, 4.69) is 20.4 Å². The molecule has 2 N–H and O–H groups in total. The number of anilines is 1. The molecule has 0 bridgehead atoms. The van der Waals surface area contributed by atoms with Crippen LogP contribution in [0.25, 0.3) is 0 Å². The number of nitrogens with zero attached hydrogens (tertiary/aromatic N) is 5. The molecule has 3 aromatic rings. The molecule has 4 rings (SSSR count). The van der Waals surface area contributed by atoms with E-state index in [1.54, 1.807) is 43.3 Å². The lowest BCUT2D eigenvalue weighted by Crippen LogP contribution is -2.52. The van der Waals surface area contributed by atoms with E-state index in [4.69, 9.17) is 4.74 Å². The number of hydrogen-bond donors (Lipinski definition) is 2. The molecule has 2 aromatic heterocycles. The molecular formula is C20H22N6O3. The first-order chi connectivity index (χ1) is 14.0. The monoisotopic (exact) mass is 394 g/mol. The lowest BCUT2D eigenvalue weighted by atomic mass is 10.1. The molecule has 0 saturated carbocycles. The number of pyridine rings is 1. The maximum Gasteiger partial charge on any atom is 0.249 e.